The molecule has 1 N–H and O–H groups in total. The zero-order chi connectivity index (χ0) is 17.3. The van der Waals surface area contributed by atoms with E-state index in [1.54, 1.807) is 0 Å². The van der Waals surface area contributed by atoms with Gasteiger partial charge in [-0.3, -0.25) is 4.79 Å². The van der Waals surface area contributed by atoms with Crippen molar-refractivity contribution in [1.82, 2.24) is 0 Å². The minimum Gasteiger partial charge on any atom is -0.371 e. The SMILES string of the molecule is O=C(Nc1cccc(N2CCCC2)c1)C1(c2cccc(Cl)c2)CCC1. The topological polar surface area (TPSA) is 32.3 Å². The van der Waals surface area contributed by atoms with Crippen molar-refractivity contribution in [2.24, 2.45) is 0 Å². The van der Waals surface area contributed by atoms with Crippen LogP contribution in [0.2, 0.25) is 5.02 Å². The average molecular weight is 355 g/mol. The lowest BCUT2D eigenvalue weighted by atomic mass is 9.64. The number of rotatable bonds is 4. The van der Waals surface area contributed by atoms with Crippen molar-refractivity contribution in [2.75, 3.05) is 23.3 Å². The lowest BCUT2D eigenvalue weighted by molar-refractivity contribution is -0.124. The van der Waals surface area contributed by atoms with Crippen molar-refractivity contribution in [3.63, 3.8) is 0 Å². The maximum atomic E-state index is 13.1. The molecule has 0 aromatic heterocycles. The molecule has 1 aliphatic carbocycles. The Labute approximate surface area is 154 Å². The number of nitrogens with zero attached hydrogens (tertiary/aromatic N) is 1. The molecule has 25 heavy (non-hydrogen) atoms. The van der Waals surface area contributed by atoms with E-state index >= 15 is 0 Å². The van der Waals surface area contributed by atoms with Gasteiger partial charge in [-0.25, -0.2) is 0 Å². The summed E-state index contributed by atoms with van der Waals surface area (Å²) in [6.45, 7) is 2.20. The summed E-state index contributed by atoms with van der Waals surface area (Å²) in [5, 5.41) is 3.85. The third-order valence-electron chi connectivity index (χ3n) is 5.59. The lowest BCUT2D eigenvalue weighted by Crippen LogP contribution is -2.46. The number of hydrogen-bond acceptors (Lipinski definition) is 2. The van der Waals surface area contributed by atoms with E-state index in [1.807, 2.05) is 36.4 Å². The largest absolute Gasteiger partial charge is 0.371 e. The number of hydrogen-bond donors (Lipinski definition) is 1. The van der Waals surface area contributed by atoms with E-state index < -0.39 is 5.41 Å². The fourth-order valence-electron chi connectivity index (χ4n) is 3.97. The van der Waals surface area contributed by atoms with E-state index in [1.165, 1.54) is 18.5 Å². The summed E-state index contributed by atoms with van der Waals surface area (Å²) in [7, 11) is 0. The van der Waals surface area contributed by atoms with Crippen LogP contribution in [0.1, 0.15) is 37.7 Å². The van der Waals surface area contributed by atoms with Crippen LogP contribution in [-0.4, -0.2) is 19.0 Å². The molecule has 0 spiro atoms. The molecule has 1 amide bonds. The quantitative estimate of drug-likeness (QED) is 0.837. The third kappa shape index (κ3) is 3.13. The van der Waals surface area contributed by atoms with Crippen molar-refractivity contribution in [3.05, 3.63) is 59.1 Å². The van der Waals surface area contributed by atoms with Gasteiger partial charge in [0.15, 0.2) is 0 Å². The second kappa shape index (κ2) is 6.72. The molecule has 0 bridgehead atoms. The van der Waals surface area contributed by atoms with Gasteiger partial charge in [-0.2, -0.15) is 0 Å². The van der Waals surface area contributed by atoms with Crippen LogP contribution < -0.4 is 10.2 Å². The summed E-state index contributed by atoms with van der Waals surface area (Å²) >= 11 is 6.15. The second-order valence-corrected chi connectivity index (χ2v) is 7.58. The van der Waals surface area contributed by atoms with Gasteiger partial charge in [-0.15, -0.1) is 0 Å². The van der Waals surface area contributed by atoms with Crippen LogP contribution in [0, 0.1) is 0 Å². The first kappa shape index (κ1) is 16.5. The number of anilines is 2. The summed E-state index contributed by atoms with van der Waals surface area (Å²) in [6, 6.07) is 15.9. The highest BCUT2D eigenvalue weighted by molar-refractivity contribution is 6.30. The first-order chi connectivity index (χ1) is 12.2. The minimum atomic E-state index is -0.436. The highest BCUT2D eigenvalue weighted by atomic mass is 35.5. The van der Waals surface area contributed by atoms with Crippen LogP contribution in [0.5, 0.6) is 0 Å². The highest BCUT2D eigenvalue weighted by Gasteiger charge is 2.45. The number of benzene rings is 2. The van der Waals surface area contributed by atoms with Crippen LogP contribution in [-0.2, 0) is 10.2 Å². The van der Waals surface area contributed by atoms with Gasteiger partial charge in [-0.1, -0.05) is 36.2 Å². The average Bonchev–Trinajstić information content (AvgIpc) is 3.09. The van der Waals surface area contributed by atoms with E-state index in [2.05, 4.69) is 22.3 Å². The molecule has 2 aromatic rings. The van der Waals surface area contributed by atoms with Gasteiger partial charge >= 0.3 is 0 Å². The van der Waals surface area contributed by atoms with Crippen LogP contribution >= 0.6 is 11.6 Å². The molecule has 2 aromatic carbocycles. The fourth-order valence-corrected chi connectivity index (χ4v) is 4.16. The molecule has 0 radical (unpaired) electrons. The Morgan fingerprint density at radius 2 is 1.76 bits per heavy atom. The maximum absolute atomic E-state index is 13.1. The molecule has 2 fully saturated rings. The molecule has 2 aliphatic rings. The van der Waals surface area contributed by atoms with E-state index in [9.17, 15) is 4.79 Å². The van der Waals surface area contributed by atoms with Crippen LogP contribution in [0.3, 0.4) is 0 Å². The predicted octanol–water partition coefficient (Wildman–Crippen LogP) is 5.00. The molecular formula is C21H23ClN2O. The number of nitrogens with one attached hydrogen (secondary N) is 1. The molecular weight excluding hydrogens is 332 g/mol. The number of amides is 1. The Balaban J connectivity index is 1.55. The van der Waals surface area contributed by atoms with Gasteiger partial charge in [0.2, 0.25) is 5.91 Å². The molecule has 4 heteroatoms. The summed E-state index contributed by atoms with van der Waals surface area (Å²) in [4.78, 5) is 15.5. The Morgan fingerprint density at radius 3 is 2.44 bits per heavy atom. The highest BCUT2D eigenvalue weighted by Crippen LogP contribution is 2.45. The molecule has 3 nitrogen and oxygen atoms in total. The van der Waals surface area contributed by atoms with Crippen LogP contribution in [0.4, 0.5) is 11.4 Å². The van der Waals surface area contributed by atoms with Crippen LogP contribution in [0.25, 0.3) is 0 Å². The maximum Gasteiger partial charge on any atom is 0.235 e. The van der Waals surface area contributed by atoms with E-state index in [4.69, 9.17) is 11.6 Å². The second-order valence-electron chi connectivity index (χ2n) is 7.14. The Morgan fingerprint density at radius 1 is 1.00 bits per heavy atom. The number of carbonyl (C=O) groups excluding carboxylic acids is 1. The van der Waals surface area contributed by atoms with E-state index in [0.717, 1.165) is 43.6 Å². The Bertz CT molecular complexity index is 779. The Kier molecular flexibility index (Phi) is 4.43. The lowest BCUT2D eigenvalue weighted by Gasteiger charge is -2.40. The predicted molar refractivity (Wildman–Crippen MR) is 103 cm³/mol. The van der Waals surface area contributed by atoms with Crippen LogP contribution in [0.15, 0.2) is 48.5 Å². The smallest absolute Gasteiger partial charge is 0.235 e. The van der Waals surface area contributed by atoms with Gasteiger partial charge in [0.25, 0.3) is 0 Å². The number of halogens is 1. The summed E-state index contributed by atoms with van der Waals surface area (Å²) in [5.74, 6) is 0.0830. The zero-order valence-corrected chi connectivity index (χ0v) is 15.1. The minimum absolute atomic E-state index is 0.0830. The molecule has 4 rings (SSSR count). The van der Waals surface area contributed by atoms with Gasteiger partial charge in [-0.05, 0) is 61.6 Å². The standard InChI is InChI=1S/C21H23ClN2O/c22-17-7-3-6-16(14-17)21(10-5-11-21)20(25)23-18-8-4-9-19(15-18)24-12-1-2-13-24/h3-4,6-9,14-15H,1-2,5,10-13H2,(H,23,25). The molecule has 1 heterocycles. The normalized spacial score (nSPS) is 18.7. The van der Waals surface area contributed by atoms with Crippen molar-refractivity contribution >= 4 is 28.9 Å². The molecule has 1 aliphatic heterocycles. The monoisotopic (exact) mass is 354 g/mol. The van der Waals surface area contributed by atoms with Crippen molar-refractivity contribution in [1.29, 1.82) is 0 Å². The van der Waals surface area contributed by atoms with Crippen molar-refractivity contribution in [3.8, 4) is 0 Å². The van der Waals surface area contributed by atoms with Crippen molar-refractivity contribution < 1.29 is 4.79 Å². The molecule has 130 valence electrons. The first-order valence-corrected chi connectivity index (χ1v) is 9.48. The van der Waals surface area contributed by atoms with Gasteiger partial charge < -0.3 is 10.2 Å². The molecule has 0 atom stereocenters. The molecule has 0 unspecified atom stereocenters. The van der Waals surface area contributed by atoms with E-state index in [-0.39, 0.29) is 5.91 Å². The summed E-state index contributed by atoms with van der Waals surface area (Å²) in [6.07, 6.45) is 5.33. The zero-order valence-electron chi connectivity index (χ0n) is 14.3. The van der Waals surface area contributed by atoms with Crippen molar-refractivity contribution in [2.45, 2.75) is 37.5 Å². The van der Waals surface area contributed by atoms with Gasteiger partial charge in [0.05, 0.1) is 5.41 Å². The Hall–Kier alpha value is -2.00. The number of carbonyl (C=O) groups is 1. The molecule has 1 saturated carbocycles. The van der Waals surface area contributed by atoms with Gasteiger partial charge in [0, 0.05) is 29.5 Å². The van der Waals surface area contributed by atoms with Gasteiger partial charge in [0.1, 0.15) is 0 Å². The van der Waals surface area contributed by atoms with E-state index in [0.29, 0.717) is 5.02 Å². The molecule has 1 saturated heterocycles. The summed E-state index contributed by atoms with van der Waals surface area (Å²) in [5.41, 5.74) is 2.66. The fraction of sp³-hybridized carbons (Fsp3) is 0.381. The third-order valence-corrected chi connectivity index (χ3v) is 5.83. The summed E-state index contributed by atoms with van der Waals surface area (Å²) < 4.78 is 0. The first-order valence-electron chi connectivity index (χ1n) is 9.10.